The summed E-state index contributed by atoms with van der Waals surface area (Å²) in [7, 11) is 0. The van der Waals surface area contributed by atoms with E-state index in [1.54, 1.807) is 0 Å². The molecule has 20 heavy (non-hydrogen) atoms. The van der Waals surface area contributed by atoms with E-state index >= 15 is 0 Å². The highest BCUT2D eigenvalue weighted by Gasteiger charge is 2.22. The number of ether oxygens (including phenoxy) is 1. The molecule has 0 saturated carbocycles. The fourth-order valence-electron chi connectivity index (χ4n) is 2.73. The standard InChI is InChI=1S/C16H32N2O2/c1-13(2)11-18-10-8-14(12-18)7-6-9-17-15(19)20-16(3,4)5/h13-14H,6-12H2,1-5H3,(H,17,19). The first-order valence-corrected chi connectivity index (χ1v) is 7.95. The third kappa shape index (κ3) is 7.73. The normalized spacial score (nSPS) is 20.4. The molecule has 1 saturated heterocycles. The fraction of sp³-hybridized carbons (Fsp3) is 0.938. The van der Waals surface area contributed by atoms with E-state index in [0.717, 1.165) is 24.8 Å². The molecule has 0 bridgehead atoms. The second-order valence-electron chi connectivity index (χ2n) is 7.38. The maximum Gasteiger partial charge on any atom is 0.407 e. The van der Waals surface area contributed by atoms with Gasteiger partial charge in [-0.15, -0.1) is 0 Å². The van der Waals surface area contributed by atoms with Crippen LogP contribution >= 0.6 is 0 Å². The number of nitrogens with zero attached hydrogens (tertiary/aromatic N) is 1. The van der Waals surface area contributed by atoms with Gasteiger partial charge < -0.3 is 15.0 Å². The Labute approximate surface area is 124 Å². The zero-order valence-corrected chi connectivity index (χ0v) is 13.9. The van der Waals surface area contributed by atoms with Gasteiger partial charge in [-0.25, -0.2) is 4.79 Å². The molecule has 1 unspecified atom stereocenters. The molecule has 0 aromatic heterocycles. The van der Waals surface area contributed by atoms with Gasteiger partial charge in [0.15, 0.2) is 0 Å². The molecule has 1 heterocycles. The van der Waals surface area contributed by atoms with Gasteiger partial charge in [0.1, 0.15) is 5.60 Å². The average molecular weight is 284 g/mol. The Morgan fingerprint density at radius 3 is 2.70 bits per heavy atom. The van der Waals surface area contributed by atoms with Crippen LogP contribution in [0.15, 0.2) is 0 Å². The minimum Gasteiger partial charge on any atom is -0.444 e. The lowest BCUT2D eigenvalue weighted by Crippen LogP contribution is -2.33. The van der Waals surface area contributed by atoms with Crippen LogP contribution in [0.3, 0.4) is 0 Å². The first-order chi connectivity index (χ1) is 9.26. The van der Waals surface area contributed by atoms with E-state index in [9.17, 15) is 4.79 Å². The molecule has 1 rings (SSSR count). The van der Waals surface area contributed by atoms with Crippen molar-refractivity contribution in [3.63, 3.8) is 0 Å². The van der Waals surface area contributed by atoms with Crippen molar-refractivity contribution in [3.05, 3.63) is 0 Å². The van der Waals surface area contributed by atoms with Crippen LogP contribution in [0, 0.1) is 11.8 Å². The van der Waals surface area contributed by atoms with Gasteiger partial charge in [0.2, 0.25) is 0 Å². The number of carbonyl (C=O) groups excluding carboxylic acids is 1. The van der Waals surface area contributed by atoms with Crippen molar-refractivity contribution < 1.29 is 9.53 Å². The lowest BCUT2D eigenvalue weighted by molar-refractivity contribution is 0.0526. The van der Waals surface area contributed by atoms with Crippen molar-refractivity contribution in [2.75, 3.05) is 26.2 Å². The zero-order valence-electron chi connectivity index (χ0n) is 13.9. The largest absolute Gasteiger partial charge is 0.444 e. The van der Waals surface area contributed by atoms with E-state index in [0.29, 0.717) is 0 Å². The van der Waals surface area contributed by atoms with Crippen LogP contribution in [0.1, 0.15) is 53.9 Å². The van der Waals surface area contributed by atoms with Gasteiger partial charge in [-0.3, -0.25) is 0 Å². The number of rotatable bonds is 6. The van der Waals surface area contributed by atoms with Gasteiger partial charge in [0.25, 0.3) is 0 Å². The molecule has 4 nitrogen and oxygen atoms in total. The highest BCUT2D eigenvalue weighted by Crippen LogP contribution is 2.21. The average Bonchev–Trinajstić information content (AvgIpc) is 2.68. The molecule has 1 aliphatic rings. The third-order valence-corrected chi connectivity index (χ3v) is 3.45. The van der Waals surface area contributed by atoms with Crippen molar-refractivity contribution in [1.29, 1.82) is 0 Å². The molecule has 0 radical (unpaired) electrons. The van der Waals surface area contributed by atoms with Crippen LogP contribution in [0.2, 0.25) is 0 Å². The van der Waals surface area contributed by atoms with Crippen molar-refractivity contribution >= 4 is 6.09 Å². The molecule has 0 aromatic carbocycles. The minimum absolute atomic E-state index is 0.301. The quantitative estimate of drug-likeness (QED) is 0.761. The van der Waals surface area contributed by atoms with E-state index in [2.05, 4.69) is 24.1 Å². The highest BCUT2D eigenvalue weighted by molar-refractivity contribution is 5.67. The first-order valence-electron chi connectivity index (χ1n) is 7.95. The Bertz CT molecular complexity index is 297. The second-order valence-corrected chi connectivity index (χ2v) is 7.38. The van der Waals surface area contributed by atoms with Gasteiger partial charge in [0.05, 0.1) is 0 Å². The lowest BCUT2D eigenvalue weighted by Gasteiger charge is -2.20. The first kappa shape index (κ1) is 17.3. The number of hydrogen-bond acceptors (Lipinski definition) is 3. The van der Waals surface area contributed by atoms with Gasteiger partial charge in [0, 0.05) is 19.6 Å². The monoisotopic (exact) mass is 284 g/mol. The molecule has 1 aliphatic heterocycles. The number of alkyl carbamates (subject to hydrolysis) is 1. The summed E-state index contributed by atoms with van der Waals surface area (Å²) in [6.07, 6.45) is 3.24. The maximum atomic E-state index is 11.5. The number of carbonyl (C=O) groups is 1. The molecular formula is C16H32N2O2. The Morgan fingerprint density at radius 2 is 2.10 bits per heavy atom. The van der Waals surface area contributed by atoms with Gasteiger partial charge in [-0.2, -0.15) is 0 Å². The molecule has 0 spiro atoms. The zero-order chi connectivity index (χ0) is 15.2. The third-order valence-electron chi connectivity index (χ3n) is 3.45. The minimum atomic E-state index is -0.410. The Morgan fingerprint density at radius 1 is 1.40 bits per heavy atom. The number of likely N-dealkylation sites (tertiary alicyclic amines) is 1. The van der Waals surface area contributed by atoms with Crippen LogP contribution < -0.4 is 5.32 Å². The molecule has 1 atom stereocenters. The van der Waals surface area contributed by atoms with Crippen molar-refractivity contribution in [2.45, 2.75) is 59.5 Å². The second kappa shape index (κ2) is 7.87. The van der Waals surface area contributed by atoms with E-state index in [-0.39, 0.29) is 6.09 Å². The van der Waals surface area contributed by atoms with Crippen LogP contribution in [-0.2, 0) is 4.74 Å². The van der Waals surface area contributed by atoms with Gasteiger partial charge in [-0.1, -0.05) is 13.8 Å². The number of amides is 1. The summed E-state index contributed by atoms with van der Waals surface area (Å²) in [5, 5.41) is 2.83. The van der Waals surface area contributed by atoms with E-state index in [1.165, 1.54) is 32.5 Å². The maximum absolute atomic E-state index is 11.5. The topological polar surface area (TPSA) is 41.6 Å². The van der Waals surface area contributed by atoms with Crippen molar-refractivity contribution in [2.24, 2.45) is 11.8 Å². The molecule has 1 fully saturated rings. The Hall–Kier alpha value is -0.770. The molecule has 1 amide bonds. The lowest BCUT2D eigenvalue weighted by atomic mass is 10.0. The highest BCUT2D eigenvalue weighted by atomic mass is 16.6. The van der Waals surface area contributed by atoms with Gasteiger partial charge in [-0.05, 0) is 58.4 Å². The fourth-order valence-corrected chi connectivity index (χ4v) is 2.73. The summed E-state index contributed by atoms with van der Waals surface area (Å²) >= 11 is 0. The van der Waals surface area contributed by atoms with Crippen LogP contribution in [0.25, 0.3) is 0 Å². The predicted octanol–water partition coefficient (Wildman–Crippen LogP) is 3.27. The van der Waals surface area contributed by atoms with Gasteiger partial charge >= 0.3 is 6.09 Å². The summed E-state index contributed by atoms with van der Waals surface area (Å²) < 4.78 is 5.21. The Kier molecular flexibility index (Phi) is 6.80. The van der Waals surface area contributed by atoms with Crippen LogP contribution in [0.4, 0.5) is 4.79 Å². The summed E-state index contributed by atoms with van der Waals surface area (Å²) in [4.78, 5) is 14.1. The number of nitrogens with one attached hydrogen (secondary N) is 1. The molecule has 118 valence electrons. The summed E-state index contributed by atoms with van der Waals surface area (Å²) in [6.45, 7) is 14.6. The molecule has 4 heteroatoms. The van der Waals surface area contributed by atoms with E-state index in [4.69, 9.17) is 4.74 Å². The molecule has 1 N–H and O–H groups in total. The smallest absolute Gasteiger partial charge is 0.407 e. The van der Waals surface area contributed by atoms with E-state index < -0.39 is 5.60 Å². The molecular weight excluding hydrogens is 252 g/mol. The Balaban J connectivity index is 2.06. The molecule has 0 aromatic rings. The summed E-state index contributed by atoms with van der Waals surface area (Å²) in [6, 6.07) is 0. The van der Waals surface area contributed by atoms with Crippen molar-refractivity contribution in [1.82, 2.24) is 10.2 Å². The SMILES string of the molecule is CC(C)CN1CCC(CCCNC(=O)OC(C)(C)C)C1. The summed E-state index contributed by atoms with van der Waals surface area (Å²) in [5.74, 6) is 1.55. The number of hydrogen-bond donors (Lipinski definition) is 1. The van der Waals surface area contributed by atoms with Crippen LogP contribution in [-0.4, -0.2) is 42.8 Å². The predicted molar refractivity (Wildman–Crippen MR) is 82.9 cm³/mol. The molecule has 0 aliphatic carbocycles. The van der Waals surface area contributed by atoms with Crippen LogP contribution in [0.5, 0.6) is 0 Å². The summed E-state index contributed by atoms with van der Waals surface area (Å²) in [5.41, 5.74) is -0.410. The van der Waals surface area contributed by atoms with Crippen molar-refractivity contribution in [3.8, 4) is 0 Å². The van der Waals surface area contributed by atoms with E-state index in [1.807, 2.05) is 20.8 Å².